The van der Waals surface area contributed by atoms with Crippen LogP contribution in [0.2, 0.25) is 0 Å². The second kappa shape index (κ2) is 10.9. The standard InChI is InChI=1S/C37H42N6O5/c1-20-9-12-29-26(13-20)37(32(44)43(29)34(46)48-36(6,7)8)15-27(37)22-10-11-25-23(14-22)16-39-31(25)41-30-21(2)38-17-28(40-30)24-18-42(19-24)33(45)47-35(3,4)5/h9-14,17,24,27H,15-16,18-19H2,1-8H3,(H,39,40,41)/t27-,37-/m0/s1. The topological polar surface area (TPSA) is 126 Å². The van der Waals surface area contributed by atoms with Gasteiger partial charge in [0.1, 0.15) is 17.0 Å². The van der Waals surface area contributed by atoms with Crippen molar-refractivity contribution in [3.8, 4) is 0 Å². The summed E-state index contributed by atoms with van der Waals surface area (Å²) in [5.41, 5.74) is 5.13. The van der Waals surface area contributed by atoms with Crippen molar-refractivity contribution in [2.75, 3.05) is 23.3 Å². The van der Waals surface area contributed by atoms with Crippen LogP contribution < -0.4 is 10.2 Å². The molecule has 3 aliphatic heterocycles. The minimum absolute atomic E-state index is 0.0622. The lowest BCUT2D eigenvalue weighted by atomic mass is 9.90. The van der Waals surface area contributed by atoms with Gasteiger partial charge in [-0.05, 0) is 84.6 Å². The summed E-state index contributed by atoms with van der Waals surface area (Å²) >= 11 is 0. The predicted octanol–water partition coefficient (Wildman–Crippen LogP) is 6.51. The van der Waals surface area contributed by atoms with Crippen LogP contribution in [0.1, 0.15) is 99.0 Å². The number of fused-ring (bicyclic) bond motifs is 3. The van der Waals surface area contributed by atoms with Crippen LogP contribution in [0, 0.1) is 13.8 Å². The summed E-state index contributed by atoms with van der Waals surface area (Å²) in [5.74, 6) is 1.14. The lowest BCUT2D eigenvalue weighted by molar-refractivity contribution is -0.120. The average Bonchev–Trinajstić information content (AvgIpc) is 3.52. The minimum Gasteiger partial charge on any atom is -0.444 e. The number of ether oxygens (including phenoxy) is 2. The first kappa shape index (κ1) is 31.8. The summed E-state index contributed by atoms with van der Waals surface area (Å²) in [4.78, 5) is 56.8. The molecule has 4 aliphatic rings. The molecule has 48 heavy (non-hydrogen) atoms. The number of aromatic nitrogens is 2. The third-order valence-electron chi connectivity index (χ3n) is 9.35. The molecule has 11 nitrogen and oxygen atoms in total. The van der Waals surface area contributed by atoms with Gasteiger partial charge in [0.05, 0.1) is 29.0 Å². The number of anilines is 2. The SMILES string of the molecule is Cc1ccc2c(c1)[C@]1(C[C@H]1c1ccc3c(c1)CN=C3Nc1nc(C3CN(C(=O)OC(C)(C)C)C3)cnc1C)C(=O)N2C(=O)OC(C)(C)C. The third-order valence-corrected chi connectivity index (χ3v) is 9.35. The van der Waals surface area contributed by atoms with Crippen molar-refractivity contribution in [1.82, 2.24) is 14.9 Å². The van der Waals surface area contributed by atoms with Crippen LogP contribution in [-0.4, -0.2) is 63.1 Å². The Balaban J connectivity index is 1.07. The molecule has 2 fully saturated rings. The molecule has 1 aromatic heterocycles. The van der Waals surface area contributed by atoms with Gasteiger partial charge < -0.3 is 19.7 Å². The van der Waals surface area contributed by atoms with Crippen LogP contribution in [0.3, 0.4) is 0 Å². The summed E-state index contributed by atoms with van der Waals surface area (Å²) < 4.78 is 11.1. The molecule has 2 atom stereocenters. The number of amides is 3. The van der Waals surface area contributed by atoms with Gasteiger partial charge in [-0.25, -0.2) is 19.5 Å². The molecule has 2 aromatic carbocycles. The summed E-state index contributed by atoms with van der Waals surface area (Å²) in [6.07, 6.45) is 1.44. The Kier molecular flexibility index (Phi) is 7.19. The van der Waals surface area contributed by atoms with Gasteiger partial charge in [-0.2, -0.15) is 0 Å². The van der Waals surface area contributed by atoms with Gasteiger partial charge in [0.25, 0.3) is 0 Å². The molecular weight excluding hydrogens is 608 g/mol. The van der Waals surface area contributed by atoms with E-state index in [1.54, 1.807) is 31.9 Å². The molecule has 1 saturated heterocycles. The van der Waals surface area contributed by atoms with Gasteiger partial charge in [0.15, 0.2) is 5.82 Å². The highest BCUT2D eigenvalue weighted by molar-refractivity contribution is 6.23. The number of aliphatic imine (C=N–C) groups is 1. The Morgan fingerprint density at radius 2 is 1.67 bits per heavy atom. The number of nitrogens with one attached hydrogen (secondary N) is 1. The highest BCUT2D eigenvalue weighted by Gasteiger charge is 2.68. The van der Waals surface area contributed by atoms with Gasteiger partial charge in [0.2, 0.25) is 5.91 Å². The zero-order valence-corrected chi connectivity index (χ0v) is 28.8. The van der Waals surface area contributed by atoms with Crippen molar-refractivity contribution < 1.29 is 23.9 Å². The number of imide groups is 1. The number of carbonyl (C=O) groups excluding carboxylic acids is 3. The predicted molar refractivity (Wildman–Crippen MR) is 182 cm³/mol. The molecule has 0 bridgehead atoms. The molecule has 0 unspecified atom stereocenters. The lowest BCUT2D eigenvalue weighted by Gasteiger charge is -2.39. The number of nitrogens with zero attached hydrogens (tertiary/aromatic N) is 5. The maximum Gasteiger partial charge on any atom is 0.421 e. The molecule has 250 valence electrons. The van der Waals surface area contributed by atoms with Crippen molar-refractivity contribution in [3.05, 3.63) is 81.8 Å². The molecule has 11 heteroatoms. The highest BCUT2D eigenvalue weighted by Crippen LogP contribution is 2.66. The van der Waals surface area contributed by atoms with E-state index >= 15 is 0 Å². The van der Waals surface area contributed by atoms with Crippen molar-refractivity contribution in [2.45, 2.75) is 96.8 Å². The van der Waals surface area contributed by atoms with Crippen LogP contribution in [-0.2, 0) is 26.2 Å². The Bertz CT molecular complexity index is 1900. The lowest BCUT2D eigenvalue weighted by Crippen LogP contribution is -2.50. The zero-order chi connectivity index (χ0) is 34.3. The van der Waals surface area contributed by atoms with Crippen molar-refractivity contribution >= 4 is 35.4 Å². The second-order valence-electron chi connectivity index (χ2n) is 15.4. The molecule has 3 aromatic rings. The summed E-state index contributed by atoms with van der Waals surface area (Å²) in [6, 6.07) is 12.1. The summed E-state index contributed by atoms with van der Waals surface area (Å²) in [7, 11) is 0. The van der Waals surface area contributed by atoms with Gasteiger partial charge in [-0.1, -0.05) is 35.9 Å². The molecule has 1 spiro atoms. The van der Waals surface area contributed by atoms with Crippen molar-refractivity contribution in [3.63, 3.8) is 0 Å². The van der Waals surface area contributed by atoms with E-state index < -0.39 is 22.7 Å². The normalized spacial score (nSPS) is 21.5. The Hall–Kier alpha value is -4.80. The van der Waals surface area contributed by atoms with E-state index in [1.807, 2.05) is 52.8 Å². The van der Waals surface area contributed by atoms with Crippen LogP contribution in [0.4, 0.5) is 21.1 Å². The number of benzene rings is 2. The first-order chi connectivity index (χ1) is 22.5. The molecular formula is C37H42N6O5. The quantitative estimate of drug-likeness (QED) is 0.340. The van der Waals surface area contributed by atoms with Gasteiger partial charge >= 0.3 is 12.2 Å². The van der Waals surface area contributed by atoms with Gasteiger partial charge in [0, 0.05) is 36.7 Å². The van der Waals surface area contributed by atoms with Crippen LogP contribution >= 0.6 is 0 Å². The largest absolute Gasteiger partial charge is 0.444 e. The Morgan fingerprint density at radius 3 is 2.38 bits per heavy atom. The van der Waals surface area contributed by atoms with E-state index in [-0.39, 0.29) is 23.8 Å². The van der Waals surface area contributed by atoms with Gasteiger partial charge in [-0.15, -0.1) is 0 Å². The maximum atomic E-state index is 14.1. The van der Waals surface area contributed by atoms with E-state index in [4.69, 9.17) is 19.5 Å². The first-order valence-electron chi connectivity index (χ1n) is 16.5. The molecule has 1 saturated carbocycles. The number of hydrogen-bond acceptors (Lipinski definition) is 9. The van der Waals surface area contributed by atoms with Crippen LogP contribution in [0.25, 0.3) is 0 Å². The fourth-order valence-corrected chi connectivity index (χ4v) is 6.89. The number of amidine groups is 1. The van der Waals surface area contributed by atoms with E-state index in [9.17, 15) is 14.4 Å². The van der Waals surface area contributed by atoms with Crippen LogP contribution in [0.15, 0.2) is 47.6 Å². The average molecular weight is 651 g/mol. The molecule has 7 rings (SSSR count). The Morgan fingerprint density at radius 1 is 0.958 bits per heavy atom. The molecule has 1 aliphatic carbocycles. The van der Waals surface area contributed by atoms with Gasteiger partial charge in [-0.3, -0.25) is 14.8 Å². The fourth-order valence-electron chi connectivity index (χ4n) is 6.89. The number of carbonyl (C=O) groups is 3. The second-order valence-corrected chi connectivity index (χ2v) is 15.4. The van der Waals surface area contributed by atoms with E-state index in [0.717, 1.165) is 45.0 Å². The Labute approximate surface area is 280 Å². The van der Waals surface area contributed by atoms with Crippen LogP contribution in [0.5, 0.6) is 0 Å². The summed E-state index contributed by atoms with van der Waals surface area (Å²) in [5, 5.41) is 3.41. The smallest absolute Gasteiger partial charge is 0.421 e. The molecule has 0 radical (unpaired) electrons. The molecule has 3 amide bonds. The number of hydrogen-bond donors (Lipinski definition) is 1. The number of aryl methyl sites for hydroxylation is 2. The minimum atomic E-state index is -0.791. The molecule has 4 heterocycles. The van der Waals surface area contributed by atoms with E-state index in [0.29, 0.717) is 37.6 Å². The first-order valence-corrected chi connectivity index (χ1v) is 16.5. The number of rotatable bonds is 3. The van der Waals surface area contributed by atoms with E-state index in [1.165, 1.54) is 4.90 Å². The highest BCUT2D eigenvalue weighted by atomic mass is 16.6. The van der Waals surface area contributed by atoms with E-state index in [2.05, 4.69) is 28.5 Å². The van der Waals surface area contributed by atoms with Crippen molar-refractivity contribution in [1.29, 1.82) is 0 Å². The summed E-state index contributed by atoms with van der Waals surface area (Å²) in [6.45, 7) is 16.4. The van der Waals surface area contributed by atoms with Crippen molar-refractivity contribution in [2.24, 2.45) is 4.99 Å². The maximum absolute atomic E-state index is 14.1. The zero-order valence-electron chi connectivity index (χ0n) is 28.8. The number of likely N-dealkylation sites (tertiary alicyclic amines) is 1. The monoisotopic (exact) mass is 650 g/mol. The fraction of sp³-hybridized carbons (Fsp3) is 0.459. The third kappa shape index (κ3) is 5.48. The molecule has 1 N–H and O–H groups in total.